The fourth-order valence-corrected chi connectivity index (χ4v) is 4.24. The third kappa shape index (κ3) is 4.27. The van der Waals surface area contributed by atoms with E-state index in [9.17, 15) is 14.4 Å². The average Bonchev–Trinajstić information content (AvgIpc) is 3.58. The minimum atomic E-state index is -0.581. The minimum absolute atomic E-state index is 0.0257. The van der Waals surface area contributed by atoms with E-state index >= 15 is 0 Å². The van der Waals surface area contributed by atoms with Gasteiger partial charge in [0, 0.05) is 51.6 Å². The van der Waals surface area contributed by atoms with Gasteiger partial charge in [0.2, 0.25) is 11.9 Å². The van der Waals surface area contributed by atoms with E-state index in [0.717, 1.165) is 12.8 Å². The standard InChI is InChI=1S/C24H27N5O4/c1-27(2)22(31)17-13-28(14-17)24-25-11-18(12-26-24)29-10-9-20(23(29)32)33-19-7-5-16(6-8-19)21(30)15-3-4-15/h5-8,11-12,15,17,20H,3-4,9-10,13-14H2,1-2H3/t20-/m1/s1. The summed E-state index contributed by atoms with van der Waals surface area (Å²) < 4.78 is 5.90. The zero-order valence-corrected chi connectivity index (χ0v) is 18.8. The van der Waals surface area contributed by atoms with E-state index in [4.69, 9.17) is 4.74 Å². The van der Waals surface area contributed by atoms with E-state index in [2.05, 4.69) is 9.97 Å². The van der Waals surface area contributed by atoms with Gasteiger partial charge in [0.25, 0.3) is 5.91 Å². The van der Waals surface area contributed by atoms with Gasteiger partial charge in [-0.3, -0.25) is 14.4 Å². The lowest BCUT2D eigenvalue weighted by molar-refractivity contribution is -0.133. The summed E-state index contributed by atoms with van der Waals surface area (Å²) in [6, 6.07) is 7.05. The predicted octanol–water partition coefficient (Wildman–Crippen LogP) is 1.78. The van der Waals surface area contributed by atoms with Gasteiger partial charge >= 0.3 is 0 Å². The lowest BCUT2D eigenvalue weighted by Crippen LogP contribution is -2.54. The number of ether oxygens (including phenoxy) is 1. The molecule has 172 valence electrons. The molecule has 1 aromatic carbocycles. The van der Waals surface area contributed by atoms with Crippen LogP contribution in [0.1, 0.15) is 29.6 Å². The highest BCUT2D eigenvalue weighted by Crippen LogP contribution is 2.33. The monoisotopic (exact) mass is 449 g/mol. The Hall–Kier alpha value is -3.49. The van der Waals surface area contributed by atoms with Crippen molar-refractivity contribution < 1.29 is 19.1 Å². The molecule has 0 spiro atoms. The van der Waals surface area contributed by atoms with E-state index in [0.29, 0.717) is 49.0 Å². The summed E-state index contributed by atoms with van der Waals surface area (Å²) in [5.74, 6) is 1.45. The number of carbonyl (C=O) groups excluding carboxylic acids is 3. The number of carbonyl (C=O) groups is 3. The van der Waals surface area contributed by atoms with Gasteiger partial charge in [-0.1, -0.05) is 0 Å². The molecule has 1 aromatic heterocycles. The quantitative estimate of drug-likeness (QED) is 0.595. The second-order valence-electron chi connectivity index (χ2n) is 9.12. The van der Waals surface area contributed by atoms with Crippen LogP contribution in [0.2, 0.25) is 0 Å². The topological polar surface area (TPSA) is 95.9 Å². The molecule has 2 amide bonds. The van der Waals surface area contributed by atoms with Crippen molar-refractivity contribution >= 4 is 29.2 Å². The highest BCUT2D eigenvalue weighted by Gasteiger charge is 2.37. The van der Waals surface area contributed by atoms with E-state index < -0.39 is 6.10 Å². The molecule has 0 unspecified atom stereocenters. The molecule has 2 aromatic rings. The van der Waals surface area contributed by atoms with Crippen LogP contribution in [0.25, 0.3) is 0 Å². The van der Waals surface area contributed by atoms with Gasteiger partial charge < -0.3 is 19.4 Å². The van der Waals surface area contributed by atoms with Gasteiger partial charge in [-0.25, -0.2) is 9.97 Å². The number of benzene rings is 1. The van der Waals surface area contributed by atoms with Crippen LogP contribution in [-0.2, 0) is 9.59 Å². The normalized spacial score (nSPS) is 20.5. The Kier molecular flexibility index (Phi) is 5.47. The second-order valence-corrected chi connectivity index (χ2v) is 9.12. The Morgan fingerprint density at radius 1 is 1.00 bits per heavy atom. The van der Waals surface area contributed by atoms with Crippen molar-refractivity contribution in [3.05, 3.63) is 42.2 Å². The number of ketones is 1. The van der Waals surface area contributed by atoms with Gasteiger partial charge in [0.1, 0.15) is 5.75 Å². The van der Waals surface area contributed by atoms with E-state index in [1.54, 1.807) is 60.6 Å². The maximum atomic E-state index is 12.9. The highest BCUT2D eigenvalue weighted by atomic mass is 16.5. The SMILES string of the molecule is CN(C)C(=O)C1CN(c2ncc(N3CC[C@@H](Oc4ccc(C(=O)C5CC5)cc4)C3=O)cn2)C1. The Morgan fingerprint density at radius 2 is 1.67 bits per heavy atom. The fourth-order valence-electron chi connectivity index (χ4n) is 4.24. The van der Waals surface area contributed by atoms with Gasteiger partial charge in [-0.2, -0.15) is 0 Å². The molecule has 9 nitrogen and oxygen atoms in total. The van der Waals surface area contributed by atoms with Crippen molar-refractivity contribution in [3.8, 4) is 5.75 Å². The van der Waals surface area contributed by atoms with Crippen LogP contribution in [0.15, 0.2) is 36.7 Å². The fraction of sp³-hybridized carbons (Fsp3) is 0.458. The summed E-state index contributed by atoms with van der Waals surface area (Å²) in [6.07, 6.45) is 5.21. The largest absolute Gasteiger partial charge is 0.481 e. The Bertz CT molecular complexity index is 1060. The maximum absolute atomic E-state index is 12.9. The second kappa shape index (κ2) is 8.46. The molecule has 1 saturated carbocycles. The number of nitrogens with zero attached hydrogens (tertiary/aromatic N) is 5. The smallest absolute Gasteiger partial charge is 0.268 e. The number of anilines is 2. The number of rotatable bonds is 7. The van der Waals surface area contributed by atoms with Crippen LogP contribution in [-0.4, -0.2) is 72.3 Å². The van der Waals surface area contributed by atoms with Gasteiger partial charge in [-0.05, 0) is 37.1 Å². The van der Waals surface area contributed by atoms with Crippen LogP contribution in [0.3, 0.4) is 0 Å². The molecule has 0 N–H and O–H groups in total. The number of Topliss-reactive ketones (excluding diaryl/α,β-unsaturated/α-hetero) is 1. The summed E-state index contributed by atoms with van der Waals surface area (Å²) in [4.78, 5) is 51.0. The summed E-state index contributed by atoms with van der Waals surface area (Å²) in [5, 5.41) is 0. The molecule has 2 aliphatic heterocycles. The molecule has 2 saturated heterocycles. The van der Waals surface area contributed by atoms with Crippen molar-refractivity contribution in [3.63, 3.8) is 0 Å². The lowest BCUT2D eigenvalue weighted by Gasteiger charge is -2.39. The lowest BCUT2D eigenvalue weighted by atomic mass is 9.99. The number of aromatic nitrogens is 2. The zero-order valence-electron chi connectivity index (χ0n) is 18.8. The minimum Gasteiger partial charge on any atom is -0.481 e. The van der Waals surface area contributed by atoms with Crippen LogP contribution < -0.4 is 14.5 Å². The van der Waals surface area contributed by atoms with Crippen LogP contribution in [0, 0.1) is 11.8 Å². The summed E-state index contributed by atoms with van der Waals surface area (Å²) in [7, 11) is 3.51. The predicted molar refractivity (Wildman–Crippen MR) is 121 cm³/mol. The first-order valence-electron chi connectivity index (χ1n) is 11.3. The van der Waals surface area contributed by atoms with E-state index in [-0.39, 0.29) is 29.4 Å². The van der Waals surface area contributed by atoms with Gasteiger partial charge in [0.05, 0.1) is 24.0 Å². The van der Waals surface area contributed by atoms with Crippen LogP contribution in [0.4, 0.5) is 11.6 Å². The molecule has 5 rings (SSSR count). The molecule has 1 atom stereocenters. The van der Waals surface area contributed by atoms with Crippen molar-refractivity contribution in [2.75, 3.05) is 43.5 Å². The van der Waals surface area contributed by atoms with Crippen molar-refractivity contribution in [1.29, 1.82) is 0 Å². The third-order valence-corrected chi connectivity index (χ3v) is 6.41. The molecule has 3 aliphatic rings. The van der Waals surface area contributed by atoms with Crippen molar-refractivity contribution in [1.82, 2.24) is 14.9 Å². The van der Waals surface area contributed by atoms with Gasteiger partial charge in [0.15, 0.2) is 11.9 Å². The first-order valence-corrected chi connectivity index (χ1v) is 11.3. The summed E-state index contributed by atoms with van der Waals surface area (Å²) in [6.45, 7) is 1.72. The first kappa shape index (κ1) is 21.4. The molecule has 0 bridgehead atoms. The summed E-state index contributed by atoms with van der Waals surface area (Å²) in [5.41, 5.74) is 1.32. The highest BCUT2D eigenvalue weighted by molar-refractivity contribution is 6.00. The first-order chi connectivity index (χ1) is 15.9. The molecule has 3 fully saturated rings. The zero-order chi connectivity index (χ0) is 23.1. The molecule has 1 aliphatic carbocycles. The molecule has 3 heterocycles. The molecule has 33 heavy (non-hydrogen) atoms. The van der Waals surface area contributed by atoms with E-state index in [1.807, 2.05) is 4.90 Å². The number of amides is 2. The Labute approximate surface area is 192 Å². The third-order valence-electron chi connectivity index (χ3n) is 6.41. The Morgan fingerprint density at radius 3 is 2.27 bits per heavy atom. The van der Waals surface area contributed by atoms with Crippen LogP contribution >= 0.6 is 0 Å². The van der Waals surface area contributed by atoms with E-state index in [1.165, 1.54) is 0 Å². The molecule has 0 radical (unpaired) electrons. The average molecular weight is 450 g/mol. The number of hydrogen-bond donors (Lipinski definition) is 0. The van der Waals surface area contributed by atoms with Crippen molar-refractivity contribution in [2.45, 2.75) is 25.4 Å². The maximum Gasteiger partial charge on any atom is 0.268 e. The molecule has 9 heteroatoms. The molecular formula is C24H27N5O4. The molecular weight excluding hydrogens is 422 g/mol. The van der Waals surface area contributed by atoms with Crippen LogP contribution in [0.5, 0.6) is 5.75 Å². The number of hydrogen-bond acceptors (Lipinski definition) is 7. The van der Waals surface area contributed by atoms with Crippen molar-refractivity contribution in [2.24, 2.45) is 11.8 Å². The van der Waals surface area contributed by atoms with Gasteiger partial charge in [-0.15, -0.1) is 0 Å². The summed E-state index contributed by atoms with van der Waals surface area (Å²) >= 11 is 0. The Balaban J connectivity index is 1.16.